The first-order chi connectivity index (χ1) is 15.2. The summed E-state index contributed by atoms with van der Waals surface area (Å²) in [5.41, 5.74) is 4.24. The van der Waals surface area contributed by atoms with Crippen molar-refractivity contribution < 1.29 is 19.1 Å². The zero-order valence-corrected chi connectivity index (χ0v) is 19.6. The van der Waals surface area contributed by atoms with Crippen molar-refractivity contribution >= 4 is 47.1 Å². The minimum absolute atomic E-state index is 0.316. The molecule has 1 amide bonds. The number of Topliss-reactive ketones (excluding diaryl/α,β-unsaturated/α-hetero) is 1. The molecule has 1 aromatic heterocycles. The van der Waals surface area contributed by atoms with Gasteiger partial charge in [0.2, 0.25) is 0 Å². The van der Waals surface area contributed by atoms with E-state index < -0.39 is 17.2 Å². The van der Waals surface area contributed by atoms with E-state index in [-0.39, 0.29) is 5.97 Å². The van der Waals surface area contributed by atoms with Crippen molar-refractivity contribution in [2.75, 3.05) is 11.5 Å². The Morgan fingerprint density at radius 2 is 1.78 bits per heavy atom. The van der Waals surface area contributed by atoms with E-state index in [1.807, 2.05) is 42.9 Å². The SMILES string of the molecule is CCOC(=O)c1ccc(-n2sc3c(c2=S)-c2cc(C)cc4c2N(C(=O)C4=O)C3(C)C)cc1. The van der Waals surface area contributed by atoms with E-state index in [0.717, 1.165) is 27.3 Å². The molecule has 0 N–H and O–H groups in total. The van der Waals surface area contributed by atoms with Gasteiger partial charge in [0.25, 0.3) is 11.7 Å². The first-order valence-electron chi connectivity index (χ1n) is 10.2. The third-order valence-electron chi connectivity index (χ3n) is 5.92. The molecular formula is C24H20N2O4S2. The van der Waals surface area contributed by atoms with E-state index in [1.54, 1.807) is 30.0 Å². The van der Waals surface area contributed by atoms with Crippen molar-refractivity contribution in [3.63, 3.8) is 0 Å². The molecule has 162 valence electrons. The minimum atomic E-state index is -0.732. The highest BCUT2D eigenvalue weighted by Gasteiger charge is 2.51. The summed E-state index contributed by atoms with van der Waals surface area (Å²) in [6.07, 6.45) is 0. The van der Waals surface area contributed by atoms with Crippen molar-refractivity contribution in [3.8, 4) is 16.8 Å². The van der Waals surface area contributed by atoms with Gasteiger partial charge in [0, 0.05) is 11.1 Å². The second-order valence-electron chi connectivity index (χ2n) is 8.40. The average Bonchev–Trinajstić information content (AvgIpc) is 3.23. The number of carbonyl (C=O) groups is 3. The average molecular weight is 465 g/mol. The number of carbonyl (C=O) groups excluding carboxylic acids is 3. The van der Waals surface area contributed by atoms with Crippen LogP contribution in [0, 0.1) is 11.6 Å². The van der Waals surface area contributed by atoms with Crippen molar-refractivity contribution in [2.45, 2.75) is 33.2 Å². The van der Waals surface area contributed by atoms with Gasteiger partial charge in [0.15, 0.2) is 0 Å². The fourth-order valence-electron chi connectivity index (χ4n) is 4.49. The zero-order valence-electron chi connectivity index (χ0n) is 18.0. The first kappa shape index (κ1) is 20.8. The molecule has 5 rings (SSSR count). The molecule has 0 aliphatic carbocycles. The van der Waals surface area contributed by atoms with Crippen LogP contribution in [0.15, 0.2) is 36.4 Å². The summed E-state index contributed by atoms with van der Waals surface area (Å²) in [6.45, 7) is 7.87. The van der Waals surface area contributed by atoms with Gasteiger partial charge < -0.3 is 4.74 Å². The van der Waals surface area contributed by atoms with E-state index in [2.05, 4.69) is 0 Å². The lowest BCUT2D eigenvalue weighted by Crippen LogP contribution is -2.46. The Balaban J connectivity index is 1.72. The second-order valence-corrected chi connectivity index (χ2v) is 9.74. The Morgan fingerprint density at radius 1 is 1.12 bits per heavy atom. The highest BCUT2D eigenvalue weighted by Crippen LogP contribution is 2.54. The lowest BCUT2D eigenvalue weighted by molar-refractivity contribution is -0.115. The molecule has 0 atom stereocenters. The first-order valence-corrected chi connectivity index (χ1v) is 11.4. The molecule has 0 saturated heterocycles. The van der Waals surface area contributed by atoms with Gasteiger partial charge in [-0.25, -0.2) is 4.79 Å². The fraction of sp³-hybridized carbons (Fsp3) is 0.250. The highest BCUT2D eigenvalue weighted by molar-refractivity contribution is 7.71. The van der Waals surface area contributed by atoms with Crippen LogP contribution in [0.3, 0.4) is 0 Å². The normalized spacial score (nSPS) is 15.6. The van der Waals surface area contributed by atoms with Crippen LogP contribution in [-0.2, 0) is 15.1 Å². The van der Waals surface area contributed by atoms with E-state index in [1.165, 1.54) is 11.5 Å². The van der Waals surface area contributed by atoms with E-state index in [4.69, 9.17) is 17.0 Å². The predicted molar refractivity (Wildman–Crippen MR) is 125 cm³/mol. The van der Waals surface area contributed by atoms with Gasteiger partial charge in [0.1, 0.15) is 4.64 Å². The number of anilines is 1. The number of amides is 1. The van der Waals surface area contributed by atoms with E-state index in [0.29, 0.717) is 28.1 Å². The molecule has 3 aromatic rings. The zero-order chi connectivity index (χ0) is 22.9. The standard InChI is InChI=1S/C24H20N2O4S2/c1-5-30-23(29)13-6-8-14(9-7-13)26-22(31)17-15-10-12(2)11-16-18(15)25(21(28)19(16)27)24(3,4)20(17)32-26/h6-11H,5H2,1-4H3. The number of fused-ring (bicyclic) bond motifs is 2. The Labute approximate surface area is 194 Å². The maximum Gasteiger partial charge on any atom is 0.338 e. The summed E-state index contributed by atoms with van der Waals surface area (Å²) in [5, 5.41) is 0. The number of nitrogens with zero attached hydrogens (tertiary/aromatic N) is 2. The molecule has 0 saturated carbocycles. The van der Waals surface area contributed by atoms with Crippen LogP contribution in [0.1, 0.15) is 51.9 Å². The third kappa shape index (κ3) is 2.69. The van der Waals surface area contributed by atoms with Crippen molar-refractivity contribution in [1.82, 2.24) is 3.96 Å². The Hall–Kier alpha value is -3.10. The molecular weight excluding hydrogens is 444 g/mol. The van der Waals surface area contributed by atoms with Gasteiger partial charge in [-0.2, -0.15) is 0 Å². The van der Waals surface area contributed by atoms with Crippen molar-refractivity contribution in [2.24, 2.45) is 0 Å². The maximum atomic E-state index is 12.9. The lowest BCUT2D eigenvalue weighted by atomic mass is 9.87. The highest BCUT2D eigenvalue weighted by atomic mass is 32.1. The number of benzene rings is 2. The topological polar surface area (TPSA) is 68.6 Å². The van der Waals surface area contributed by atoms with Crippen molar-refractivity contribution in [3.05, 3.63) is 62.6 Å². The second kappa shape index (κ2) is 6.95. The number of ether oxygens (including phenoxy) is 1. The van der Waals surface area contributed by atoms with E-state index in [9.17, 15) is 14.4 Å². The third-order valence-corrected chi connectivity index (χ3v) is 7.89. The molecule has 0 spiro atoms. The Kier molecular flexibility index (Phi) is 4.51. The lowest BCUT2D eigenvalue weighted by Gasteiger charge is -2.39. The van der Waals surface area contributed by atoms with Gasteiger partial charge >= 0.3 is 5.97 Å². The molecule has 0 unspecified atom stereocenters. The fourth-order valence-corrected chi connectivity index (χ4v) is 6.18. The molecule has 6 nitrogen and oxygen atoms in total. The summed E-state index contributed by atoms with van der Waals surface area (Å²) >= 11 is 7.35. The number of hydrogen-bond donors (Lipinski definition) is 0. The number of aromatic nitrogens is 1. The number of esters is 1. The van der Waals surface area contributed by atoms with Gasteiger partial charge in [-0.1, -0.05) is 23.8 Å². The molecule has 0 fully saturated rings. The predicted octanol–water partition coefficient (Wildman–Crippen LogP) is 5.20. The summed E-state index contributed by atoms with van der Waals surface area (Å²) in [7, 11) is 0. The van der Waals surface area contributed by atoms with Gasteiger partial charge in [-0.05, 0) is 69.7 Å². The number of rotatable bonds is 3. The molecule has 2 aromatic carbocycles. The number of ketones is 1. The monoisotopic (exact) mass is 464 g/mol. The van der Waals surface area contributed by atoms with Crippen LogP contribution in [0.25, 0.3) is 16.8 Å². The molecule has 8 heteroatoms. The van der Waals surface area contributed by atoms with Crippen LogP contribution in [0.4, 0.5) is 5.69 Å². The van der Waals surface area contributed by atoms with Crippen LogP contribution in [0.5, 0.6) is 0 Å². The molecule has 3 heterocycles. The number of hydrogen-bond acceptors (Lipinski definition) is 6. The quantitative estimate of drug-likeness (QED) is 0.303. The van der Waals surface area contributed by atoms with Crippen LogP contribution in [0.2, 0.25) is 0 Å². The molecule has 0 bridgehead atoms. The number of aryl methyl sites for hydroxylation is 1. The summed E-state index contributed by atoms with van der Waals surface area (Å²) in [5.74, 6) is -1.35. The smallest absolute Gasteiger partial charge is 0.338 e. The summed E-state index contributed by atoms with van der Waals surface area (Å²) < 4.78 is 7.60. The molecule has 32 heavy (non-hydrogen) atoms. The van der Waals surface area contributed by atoms with Gasteiger partial charge in [0.05, 0.1) is 39.5 Å². The van der Waals surface area contributed by atoms with Gasteiger partial charge in [-0.3, -0.25) is 18.4 Å². The minimum Gasteiger partial charge on any atom is -0.462 e. The molecule has 2 aliphatic heterocycles. The Morgan fingerprint density at radius 3 is 2.44 bits per heavy atom. The van der Waals surface area contributed by atoms with E-state index >= 15 is 0 Å². The molecule has 0 radical (unpaired) electrons. The largest absolute Gasteiger partial charge is 0.462 e. The van der Waals surface area contributed by atoms with Crippen LogP contribution in [-0.4, -0.2) is 28.2 Å². The summed E-state index contributed by atoms with van der Waals surface area (Å²) in [6, 6.07) is 10.9. The Bertz CT molecular complexity index is 1400. The van der Waals surface area contributed by atoms with Crippen LogP contribution < -0.4 is 4.90 Å². The summed E-state index contributed by atoms with van der Waals surface area (Å²) in [4.78, 5) is 40.2. The van der Waals surface area contributed by atoms with Crippen molar-refractivity contribution in [1.29, 1.82) is 0 Å². The maximum absolute atomic E-state index is 12.9. The van der Waals surface area contributed by atoms with Crippen LogP contribution >= 0.6 is 23.8 Å². The van der Waals surface area contributed by atoms with Gasteiger partial charge in [-0.15, -0.1) is 0 Å². The molecule has 2 aliphatic rings.